The van der Waals surface area contributed by atoms with Gasteiger partial charge in [-0.1, -0.05) is 43.7 Å². The zero-order chi connectivity index (χ0) is 30.0. The first kappa shape index (κ1) is 29.1. The van der Waals surface area contributed by atoms with Gasteiger partial charge in [-0.3, -0.25) is 9.59 Å². The number of aliphatic hydroxyl groups excluding tert-OH is 1. The topological polar surface area (TPSA) is 153 Å². The summed E-state index contributed by atoms with van der Waals surface area (Å²) in [7, 11) is 0. The number of hydrogen-bond acceptors (Lipinski definition) is 9. The lowest BCUT2D eigenvalue weighted by molar-refractivity contribution is -0.763. The minimum absolute atomic E-state index is 0.0969. The van der Waals surface area contributed by atoms with Gasteiger partial charge in [0.1, 0.15) is 12.2 Å². The van der Waals surface area contributed by atoms with E-state index in [4.69, 9.17) is 4.74 Å². The van der Waals surface area contributed by atoms with E-state index in [0.29, 0.717) is 17.6 Å². The summed E-state index contributed by atoms with van der Waals surface area (Å²) in [4.78, 5) is 53.0. The summed E-state index contributed by atoms with van der Waals surface area (Å²) >= 11 is 0. The summed E-state index contributed by atoms with van der Waals surface area (Å²) in [6, 6.07) is 5.67. The third-order valence-corrected chi connectivity index (χ3v) is 10.5. The van der Waals surface area contributed by atoms with Crippen LogP contribution in [0, 0.1) is 38.7 Å². The van der Waals surface area contributed by atoms with Gasteiger partial charge in [0.2, 0.25) is 5.78 Å². The Hall–Kier alpha value is -3.44. The normalized spacial score (nSPS) is 39.2. The number of alkyl halides is 1. The van der Waals surface area contributed by atoms with E-state index in [-0.39, 0.29) is 37.2 Å². The Kier molecular flexibility index (Phi) is 6.97. The molecule has 2 N–H and O–H groups in total. The van der Waals surface area contributed by atoms with Crippen molar-refractivity contribution in [3.8, 4) is 0 Å². The van der Waals surface area contributed by atoms with Crippen molar-refractivity contribution in [1.29, 1.82) is 0 Å². The fraction of sp³-hybridized carbons (Fsp3) is 0.567. The number of rotatable bonds is 7. The lowest BCUT2D eigenvalue weighted by atomic mass is 9.45. The highest BCUT2D eigenvalue weighted by Gasteiger charge is 2.75. The first-order valence-corrected chi connectivity index (χ1v) is 13.8. The molecule has 0 heterocycles. The summed E-state index contributed by atoms with van der Waals surface area (Å²) in [6.07, 6.45) is 3.83. The Balaban J connectivity index is 1.35. The lowest BCUT2D eigenvalue weighted by Gasteiger charge is -2.62. The number of hydrogen-bond donors (Lipinski definition) is 2. The summed E-state index contributed by atoms with van der Waals surface area (Å²) < 4.78 is 22.5. The van der Waals surface area contributed by atoms with Crippen molar-refractivity contribution in [3.05, 3.63) is 69.3 Å². The molecular weight excluding hydrogens is 537 g/mol. The van der Waals surface area contributed by atoms with E-state index >= 15 is 4.39 Å². The van der Waals surface area contributed by atoms with Crippen LogP contribution in [0.25, 0.3) is 0 Å². The molecule has 1 aromatic carbocycles. The Bertz CT molecular complexity index is 1360. The van der Waals surface area contributed by atoms with E-state index in [1.54, 1.807) is 26.8 Å². The zero-order valence-corrected chi connectivity index (χ0v) is 23.2. The van der Waals surface area contributed by atoms with Crippen LogP contribution in [0.2, 0.25) is 0 Å². The standard InChI is InChI=1S/C30H34FNO9/c1-17-12-23-22-9-8-20-13-21(33)10-11-27(20,2)29(22,31)24(34)14-28(23,3)30(17,37)25(35)16-40-26(36)19-6-4-18(5-7-19)15-41-32(38)39/h4-8,10-11,17,22-24,34,37H,9,12-16H2,1-3H3/t17-,22?,23?,24+,27+,28+,29+,30+/m1/s1. The molecule has 0 bridgehead atoms. The van der Waals surface area contributed by atoms with Crippen LogP contribution in [0.3, 0.4) is 0 Å². The van der Waals surface area contributed by atoms with Crippen molar-refractivity contribution < 1.29 is 43.6 Å². The molecule has 0 amide bonds. The van der Waals surface area contributed by atoms with E-state index in [9.17, 15) is 34.7 Å². The van der Waals surface area contributed by atoms with Gasteiger partial charge in [-0.25, -0.2) is 9.18 Å². The molecule has 10 nitrogen and oxygen atoms in total. The summed E-state index contributed by atoms with van der Waals surface area (Å²) in [5.41, 5.74) is -5.23. The van der Waals surface area contributed by atoms with Crippen LogP contribution in [0.15, 0.2) is 48.1 Å². The molecule has 2 saturated carbocycles. The molecule has 0 spiro atoms. The smallest absolute Gasteiger partial charge is 0.338 e. The van der Waals surface area contributed by atoms with Crippen molar-refractivity contribution in [2.45, 2.75) is 70.4 Å². The molecule has 0 aliphatic heterocycles. The lowest BCUT2D eigenvalue weighted by Crippen LogP contribution is -2.69. The quantitative estimate of drug-likeness (QED) is 0.217. The zero-order valence-electron chi connectivity index (χ0n) is 23.2. The van der Waals surface area contributed by atoms with E-state index in [0.717, 1.165) is 0 Å². The maximum atomic E-state index is 17.3. The molecule has 0 aromatic heterocycles. The van der Waals surface area contributed by atoms with Crippen LogP contribution in [-0.4, -0.2) is 56.8 Å². The van der Waals surface area contributed by atoms with Crippen molar-refractivity contribution in [2.75, 3.05) is 6.61 Å². The number of ether oxygens (including phenoxy) is 1. The number of fused-ring (bicyclic) bond motifs is 5. The summed E-state index contributed by atoms with van der Waals surface area (Å²) in [5, 5.41) is 32.9. The van der Waals surface area contributed by atoms with Crippen LogP contribution < -0.4 is 0 Å². The SMILES string of the molecule is C[C@@H]1CC2C3CC=C4CC(=O)C=C[C@]4(C)[C@@]3(F)[C@@H](O)C[C@]2(C)[C@@]1(O)C(=O)COC(=O)c1ccc(CO[N+](=O)[O-])cc1. The van der Waals surface area contributed by atoms with Gasteiger partial charge in [-0.2, -0.15) is 0 Å². The highest BCUT2D eigenvalue weighted by atomic mass is 19.1. The summed E-state index contributed by atoms with van der Waals surface area (Å²) in [5.74, 6) is -3.41. The predicted octanol–water partition coefficient (Wildman–Crippen LogP) is 3.47. The van der Waals surface area contributed by atoms with Gasteiger partial charge in [0.15, 0.2) is 18.1 Å². The second kappa shape index (κ2) is 9.84. The second-order valence-corrected chi connectivity index (χ2v) is 12.4. The molecule has 0 radical (unpaired) electrons. The highest BCUT2D eigenvalue weighted by Crippen LogP contribution is 2.70. The number of ketones is 2. The third kappa shape index (κ3) is 4.15. The largest absolute Gasteiger partial charge is 0.454 e. The molecular formula is C30H34FNO9. The fourth-order valence-electron chi connectivity index (χ4n) is 8.24. The van der Waals surface area contributed by atoms with E-state index in [2.05, 4.69) is 4.84 Å². The molecule has 2 fully saturated rings. The molecule has 4 aliphatic rings. The predicted molar refractivity (Wildman–Crippen MR) is 141 cm³/mol. The molecule has 41 heavy (non-hydrogen) atoms. The van der Waals surface area contributed by atoms with Gasteiger partial charge in [-0.05, 0) is 61.8 Å². The first-order valence-electron chi connectivity index (χ1n) is 13.8. The van der Waals surface area contributed by atoms with Gasteiger partial charge < -0.3 is 19.8 Å². The molecule has 4 aliphatic carbocycles. The number of carbonyl (C=O) groups excluding carboxylic acids is 3. The van der Waals surface area contributed by atoms with Gasteiger partial charge in [0.25, 0.3) is 5.09 Å². The highest BCUT2D eigenvalue weighted by molar-refractivity contribution is 5.95. The summed E-state index contributed by atoms with van der Waals surface area (Å²) in [6.45, 7) is 4.12. The van der Waals surface area contributed by atoms with Gasteiger partial charge in [0.05, 0.1) is 11.7 Å². The number of nitrogens with zero attached hydrogens (tertiary/aromatic N) is 1. The van der Waals surface area contributed by atoms with Gasteiger partial charge in [0, 0.05) is 23.2 Å². The van der Waals surface area contributed by atoms with E-state index in [1.165, 1.54) is 30.3 Å². The molecule has 8 atom stereocenters. The average Bonchev–Trinajstić information content (AvgIpc) is 3.13. The molecule has 0 saturated heterocycles. The van der Waals surface area contributed by atoms with Crippen LogP contribution in [0.1, 0.15) is 62.4 Å². The number of aliphatic hydroxyl groups is 2. The number of carbonyl (C=O) groups is 3. The molecule has 5 rings (SSSR count). The minimum atomic E-state index is -2.09. The van der Waals surface area contributed by atoms with Crippen LogP contribution in [0.5, 0.6) is 0 Å². The molecule has 2 unspecified atom stereocenters. The number of halogens is 1. The van der Waals surface area contributed by atoms with Gasteiger partial charge in [-0.15, -0.1) is 10.1 Å². The second-order valence-electron chi connectivity index (χ2n) is 12.4. The molecule has 1 aromatic rings. The molecule has 220 valence electrons. The number of allylic oxidation sites excluding steroid dienone is 4. The maximum absolute atomic E-state index is 17.3. The van der Waals surface area contributed by atoms with Crippen LogP contribution in [0.4, 0.5) is 4.39 Å². The van der Waals surface area contributed by atoms with E-state index < -0.39 is 69.4 Å². The first-order chi connectivity index (χ1) is 19.2. The fourth-order valence-corrected chi connectivity index (χ4v) is 8.24. The van der Waals surface area contributed by atoms with Crippen LogP contribution >= 0.6 is 0 Å². The number of esters is 1. The Morgan fingerprint density at radius 1 is 1.20 bits per heavy atom. The third-order valence-electron chi connectivity index (χ3n) is 10.5. The monoisotopic (exact) mass is 571 g/mol. The van der Waals surface area contributed by atoms with Crippen molar-refractivity contribution in [1.82, 2.24) is 0 Å². The Labute approximate surface area is 236 Å². The van der Waals surface area contributed by atoms with Crippen molar-refractivity contribution >= 4 is 17.5 Å². The minimum Gasteiger partial charge on any atom is -0.454 e. The van der Waals surface area contributed by atoms with Crippen LogP contribution in [-0.2, 0) is 25.8 Å². The number of benzene rings is 1. The average molecular weight is 572 g/mol. The Morgan fingerprint density at radius 3 is 2.54 bits per heavy atom. The number of Topliss-reactive ketones (excluding diaryl/α,β-unsaturated/α-hetero) is 1. The maximum Gasteiger partial charge on any atom is 0.338 e. The van der Waals surface area contributed by atoms with Crippen molar-refractivity contribution in [2.24, 2.45) is 28.6 Å². The van der Waals surface area contributed by atoms with Gasteiger partial charge >= 0.3 is 5.97 Å². The Morgan fingerprint density at radius 2 is 1.88 bits per heavy atom. The van der Waals surface area contributed by atoms with Crippen molar-refractivity contribution in [3.63, 3.8) is 0 Å². The molecule has 11 heteroatoms. The van der Waals surface area contributed by atoms with E-state index in [1.807, 2.05) is 6.08 Å².